The highest BCUT2D eigenvalue weighted by atomic mass is 16.5. The van der Waals surface area contributed by atoms with Crippen molar-refractivity contribution < 1.29 is 19.0 Å². The van der Waals surface area contributed by atoms with Crippen molar-refractivity contribution in [2.24, 2.45) is 5.92 Å². The number of hydrogen-bond acceptors (Lipinski definition) is 5. The third kappa shape index (κ3) is 3.83. The van der Waals surface area contributed by atoms with E-state index in [0.717, 1.165) is 18.7 Å². The van der Waals surface area contributed by atoms with Crippen LogP contribution in [0.15, 0.2) is 48.5 Å². The fourth-order valence-electron chi connectivity index (χ4n) is 3.67. The molecule has 0 bridgehead atoms. The summed E-state index contributed by atoms with van der Waals surface area (Å²) in [5, 5.41) is 0. The summed E-state index contributed by atoms with van der Waals surface area (Å²) in [6.07, 6.45) is 0. The number of rotatable bonds is 6. The topological polar surface area (TPSA) is 48.0 Å². The number of esters is 1. The monoisotopic (exact) mass is 355 g/mol. The Bertz CT molecular complexity index is 747. The standard InChI is InChI=1S/C21H25NO4/c1-24-19-10-9-16(11-20(19)25-2)17-13-22(14-18(17)21(23)26-3)12-15-7-5-4-6-8-15/h4-11,17-18H,12-14H2,1-3H3. The summed E-state index contributed by atoms with van der Waals surface area (Å²) >= 11 is 0. The second kappa shape index (κ2) is 8.23. The molecule has 26 heavy (non-hydrogen) atoms. The number of carbonyl (C=O) groups excluding carboxylic acids is 1. The minimum absolute atomic E-state index is 0.0611. The molecule has 3 rings (SSSR count). The molecule has 2 aromatic carbocycles. The molecule has 1 fully saturated rings. The summed E-state index contributed by atoms with van der Waals surface area (Å²) in [4.78, 5) is 14.7. The Morgan fingerprint density at radius 2 is 1.73 bits per heavy atom. The first kappa shape index (κ1) is 18.3. The van der Waals surface area contributed by atoms with Gasteiger partial charge in [0.05, 0.1) is 27.2 Å². The van der Waals surface area contributed by atoms with Gasteiger partial charge in [-0.15, -0.1) is 0 Å². The highest BCUT2D eigenvalue weighted by molar-refractivity contribution is 5.74. The number of hydrogen-bond donors (Lipinski definition) is 0. The van der Waals surface area contributed by atoms with E-state index in [0.29, 0.717) is 18.0 Å². The highest BCUT2D eigenvalue weighted by Crippen LogP contribution is 2.38. The fourth-order valence-corrected chi connectivity index (χ4v) is 3.67. The lowest BCUT2D eigenvalue weighted by atomic mass is 9.89. The van der Waals surface area contributed by atoms with Gasteiger partial charge < -0.3 is 14.2 Å². The van der Waals surface area contributed by atoms with Crippen molar-refractivity contribution in [3.05, 3.63) is 59.7 Å². The summed E-state index contributed by atoms with van der Waals surface area (Å²) in [7, 11) is 4.69. The van der Waals surface area contributed by atoms with Gasteiger partial charge in [-0.1, -0.05) is 36.4 Å². The molecule has 5 nitrogen and oxygen atoms in total. The van der Waals surface area contributed by atoms with Gasteiger partial charge in [0.2, 0.25) is 0 Å². The van der Waals surface area contributed by atoms with Crippen molar-refractivity contribution in [2.75, 3.05) is 34.4 Å². The lowest BCUT2D eigenvalue weighted by Gasteiger charge is -2.18. The van der Waals surface area contributed by atoms with Crippen molar-refractivity contribution in [1.29, 1.82) is 0 Å². The molecule has 2 atom stereocenters. The first-order chi connectivity index (χ1) is 12.7. The van der Waals surface area contributed by atoms with E-state index in [4.69, 9.17) is 14.2 Å². The van der Waals surface area contributed by atoms with E-state index in [9.17, 15) is 4.79 Å². The summed E-state index contributed by atoms with van der Waals surface area (Å²) in [5.41, 5.74) is 2.30. The predicted molar refractivity (Wildman–Crippen MR) is 99.5 cm³/mol. The van der Waals surface area contributed by atoms with Gasteiger partial charge in [-0.3, -0.25) is 9.69 Å². The summed E-state index contributed by atoms with van der Waals surface area (Å²) < 4.78 is 15.8. The Morgan fingerprint density at radius 1 is 1.00 bits per heavy atom. The maximum atomic E-state index is 12.4. The van der Waals surface area contributed by atoms with E-state index in [2.05, 4.69) is 17.0 Å². The molecule has 0 N–H and O–H groups in total. The van der Waals surface area contributed by atoms with E-state index in [-0.39, 0.29) is 17.8 Å². The molecule has 0 radical (unpaired) electrons. The normalized spacial score (nSPS) is 20.0. The lowest BCUT2D eigenvalue weighted by molar-refractivity contribution is -0.145. The van der Waals surface area contributed by atoms with Crippen molar-refractivity contribution >= 4 is 5.97 Å². The van der Waals surface area contributed by atoms with Gasteiger partial charge in [0.15, 0.2) is 11.5 Å². The SMILES string of the molecule is COC(=O)C1CN(Cc2ccccc2)CC1c1ccc(OC)c(OC)c1. The first-order valence-corrected chi connectivity index (χ1v) is 8.72. The van der Waals surface area contributed by atoms with Crippen molar-refractivity contribution in [1.82, 2.24) is 4.90 Å². The van der Waals surface area contributed by atoms with E-state index < -0.39 is 0 Å². The number of nitrogens with zero attached hydrogens (tertiary/aromatic N) is 1. The molecular formula is C21H25NO4. The smallest absolute Gasteiger partial charge is 0.310 e. The van der Waals surface area contributed by atoms with E-state index in [1.54, 1.807) is 14.2 Å². The average Bonchev–Trinajstić information content (AvgIpc) is 3.11. The zero-order valence-electron chi connectivity index (χ0n) is 15.5. The predicted octanol–water partition coefficient (Wildman–Crippen LogP) is 3.09. The molecule has 0 aliphatic carbocycles. The van der Waals surface area contributed by atoms with Gasteiger partial charge in [0, 0.05) is 25.6 Å². The van der Waals surface area contributed by atoms with Gasteiger partial charge in [-0.2, -0.15) is 0 Å². The zero-order chi connectivity index (χ0) is 18.5. The minimum Gasteiger partial charge on any atom is -0.493 e. The molecule has 138 valence electrons. The number of methoxy groups -OCH3 is 3. The van der Waals surface area contributed by atoms with Crippen LogP contribution >= 0.6 is 0 Å². The third-order valence-corrected chi connectivity index (χ3v) is 4.98. The maximum absolute atomic E-state index is 12.4. The molecule has 1 aliphatic heterocycles. The second-order valence-electron chi connectivity index (χ2n) is 6.53. The average molecular weight is 355 g/mol. The van der Waals surface area contributed by atoms with Gasteiger partial charge in [0.25, 0.3) is 0 Å². The molecule has 0 saturated carbocycles. The Kier molecular flexibility index (Phi) is 5.78. The molecule has 5 heteroatoms. The van der Waals surface area contributed by atoms with Crippen LogP contribution in [0.4, 0.5) is 0 Å². The Hall–Kier alpha value is -2.53. The number of carbonyl (C=O) groups is 1. The van der Waals surface area contributed by atoms with Gasteiger partial charge in [-0.05, 0) is 23.3 Å². The molecule has 0 aromatic heterocycles. The second-order valence-corrected chi connectivity index (χ2v) is 6.53. The molecule has 2 unspecified atom stereocenters. The quantitative estimate of drug-likeness (QED) is 0.745. The molecule has 1 saturated heterocycles. The first-order valence-electron chi connectivity index (χ1n) is 8.72. The highest BCUT2D eigenvalue weighted by Gasteiger charge is 2.39. The van der Waals surface area contributed by atoms with Crippen LogP contribution < -0.4 is 9.47 Å². The molecular weight excluding hydrogens is 330 g/mol. The van der Waals surface area contributed by atoms with Crippen LogP contribution in [0.5, 0.6) is 11.5 Å². The molecule has 1 heterocycles. The summed E-state index contributed by atoms with van der Waals surface area (Å²) in [5.74, 6) is 1.06. The molecule has 1 aliphatic rings. The third-order valence-electron chi connectivity index (χ3n) is 4.98. The number of ether oxygens (including phenoxy) is 3. The van der Waals surface area contributed by atoms with Crippen LogP contribution in [0.3, 0.4) is 0 Å². The number of likely N-dealkylation sites (tertiary alicyclic amines) is 1. The van der Waals surface area contributed by atoms with Crippen LogP contribution in [0, 0.1) is 5.92 Å². The molecule has 0 spiro atoms. The Balaban J connectivity index is 1.84. The van der Waals surface area contributed by atoms with Crippen LogP contribution in [0.1, 0.15) is 17.0 Å². The zero-order valence-corrected chi connectivity index (χ0v) is 15.5. The van der Waals surface area contributed by atoms with Crippen LogP contribution in [-0.4, -0.2) is 45.3 Å². The largest absolute Gasteiger partial charge is 0.493 e. The Morgan fingerprint density at radius 3 is 2.38 bits per heavy atom. The minimum atomic E-state index is -0.193. The maximum Gasteiger partial charge on any atom is 0.310 e. The van der Waals surface area contributed by atoms with Crippen LogP contribution in [0.25, 0.3) is 0 Å². The van der Waals surface area contributed by atoms with E-state index in [1.165, 1.54) is 12.7 Å². The summed E-state index contributed by atoms with van der Waals surface area (Å²) in [6.45, 7) is 2.29. The Labute approximate surface area is 154 Å². The van der Waals surface area contributed by atoms with E-state index in [1.807, 2.05) is 36.4 Å². The fraction of sp³-hybridized carbons (Fsp3) is 0.381. The van der Waals surface area contributed by atoms with Crippen molar-refractivity contribution in [3.8, 4) is 11.5 Å². The lowest BCUT2D eigenvalue weighted by Crippen LogP contribution is -2.24. The van der Waals surface area contributed by atoms with Gasteiger partial charge in [0.1, 0.15) is 0 Å². The molecule has 0 amide bonds. The van der Waals surface area contributed by atoms with Crippen LogP contribution in [-0.2, 0) is 16.1 Å². The van der Waals surface area contributed by atoms with Gasteiger partial charge in [-0.25, -0.2) is 0 Å². The molecule has 2 aromatic rings. The van der Waals surface area contributed by atoms with E-state index >= 15 is 0 Å². The number of benzene rings is 2. The van der Waals surface area contributed by atoms with Gasteiger partial charge >= 0.3 is 5.97 Å². The van der Waals surface area contributed by atoms with Crippen LogP contribution in [0.2, 0.25) is 0 Å². The summed E-state index contributed by atoms with van der Waals surface area (Å²) in [6, 6.07) is 16.2. The van der Waals surface area contributed by atoms with Crippen molar-refractivity contribution in [3.63, 3.8) is 0 Å². The van der Waals surface area contributed by atoms with Crippen molar-refractivity contribution in [2.45, 2.75) is 12.5 Å².